The summed E-state index contributed by atoms with van der Waals surface area (Å²) in [4.78, 5) is 16.3. The molecule has 0 saturated heterocycles. The van der Waals surface area contributed by atoms with Crippen LogP contribution in [0.15, 0.2) is 48.7 Å². The van der Waals surface area contributed by atoms with Crippen LogP contribution >= 0.6 is 0 Å². The second-order valence-electron chi connectivity index (χ2n) is 6.62. The SMILES string of the molecule is COC(=O)Cc1cc(C[OH+]C)cc(-c2cc3cc([C@@H](C)O)ccc3cn2)c1. The highest BCUT2D eigenvalue weighted by molar-refractivity contribution is 5.86. The molecule has 0 bridgehead atoms. The van der Waals surface area contributed by atoms with Crippen LogP contribution in [0.1, 0.15) is 29.7 Å². The molecule has 0 radical (unpaired) electrons. The lowest BCUT2D eigenvalue weighted by molar-refractivity contribution is -0.139. The standard InChI is InChI=1S/C22H23NO4/c1-14(24)17-4-5-18-12-23-21(11-19(18)10-17)20-7-15(9-22(25)27-3)6-16(8-20)13-26-2/h4-8,10-12,14,24H,9,13H2,1-3H3/p+1/t14-/m1/s1. The molecular formula is C22H24NO4+. The molecule has 2 aromatic carbocycles. The summed E-state index contributed by atoms with van der Waals surface area (Å²) in [5.74, 6) is -0.278. The van der Waals surface area contributed by atoms with Crippen molar-refractivity contribution in [3.63, 3.8) is 0 Å². The van der Waals surface area contributed by atoms with Gasteiger partial charge in [-0.2, -0.15) is 0 Å². The molecule has 0 aliphatic heterocycles. The minimum absolute atomic E-state index is 0.209. The number of esters is 1. The first-order valence-corrected chi connectivity index (χ1v) is 8.83. The molecule has 0 aliphatic carbocycles. The van der Waals surface area contributed by atoms with Gasteiger partial charge in [-0.1, -0.05) is 12.1 Å². The lowest BCUT2D eigenvalue weighted by atomic mass is 9.99. The van der Waals surface area contributed by atoms with Gasteiger partial charge in [-0.25, -0.2) is 0 Å². The molecule has 0 amide bonds. The third-order valence-corrected chi connectivity index (χ3v) is 4.49. The summed E-state index contributed by atoms with van der Waals surface area (Å²) < 4.78 is 8.99. The number of nitrogens with zero attached hydrogens (tertiary/aromatic N) is 1. The molecule has 27 heavy (non-hydrogen) atoms. The molecule has 0 spiro atoms. The third kappa shape index (κ3) is 4.51. The van der Waals surface area contributed by atoms with Gasteiger partial charge in [0.05, 0.1) is 25.3 Å². The van der Waals surface area contributed by atoms with Crippen molar-refractivity contribution in [2.24, 2.45) is 0 Å². The Morgan fingerprint density at radius 3 is 2.63 bits per heavy atom. The quantitative estimate of drug-likeness (QED) is 0.536. The van der Waals surface area contributed by atoms with E-state index < -0.39 is 6.10 Å². The van der Waals surface area contributed by atoms with E-state index >= 15 is 0 Å². The molecule has 3 rings (SSSR count). The van der Waals surface area contributed by atoms with Crippen LogP contribution in [0.5, 0.6) is 0 Å². The number of ether oxygens (including phenoxy) is 2. The van der Waals surface area contributed by atoms with Gasteiger partial charge in [0.1, 0.15) is 7.11 Å². The van der Waals surface area contributed by atoms with E-state index in [1.54, 1.807) is 14.0 Å². The monoisotopic (exact) mass is 366 g/mol. The number of hydrogen-bond donors (Lipinski definition) is 1. The van der Waals surface area contributed by atoms with Gasteiger partial charge in [-0.15, -0.1) is 0 Å². The minimum Gasteiger partial charge on any atom is -0.469 e. The van der Waals surface area contributed by atoms with Crippen molar-refractivity contribution in [3.8, 4) is 11.3 Å². The van der Waals surface area contributed by atoms with Crippen LogP contribution < -0.4 is 0 Å². The normalized spacial score (nSPS) is 12.1. The zero-order valence-corrected chi connectivity index (χ0v) is 15.8. The molecule has 1 aromatic heterocycles. The molecule has 5 heteroatoms. The molecule has 5 nitrogen and oxygen atoms in total. The topological polar surface area (TPSA) is 72.2 Å². The highest BCUT2D eigenvalue weighted by Crippen LogP contribution is 2.26. The van der Waals surface area contributed by atoms with E-state index in [4.69, 9.17) is 4.74 Å². The maximum absolute atomic E-state index is 11.7. The van der Waals surface area contributed by atoms with Crippen molar-refractivity contribution >= 4 is 16.7 Å². The minimum atomic E-state index is -0.521. The van der Waals surface area contributed by atoms with Crippen LogP contribution in [-0.4, -0.2) is 35.0 Å². The summed E-state index contributed by atoms with van der Waals surface area (Å²) in [5.41, 5.74) is 4.50. The number of fused-ring (bicyclic) bond motifs is 1. The second kappa shape index (κ2) is 8.29. The fourth-order valence-corrected chi connectivity index (χ4v) is 3.10. The van der Waals surface area contributed by atoms with E-state index in [9.17, 15) is 9.90 Å². The molecule has 0 aliphatic rings. The predicted molar refractivity (Wildman–Crippen MR) is 105 cm³/mol. The first-order valence-electron chi connectivity index (χ1n) is 8.83. The van der Waals surface area contributed by atoms with Gasteiger partial charge in [0, 0.05) is 22.7 Å². The molecule has 0 unspecified atom stereocenters. The Morgan fingerprint density at radius 2 is 1.93 bits per heavy atom. The van der Waals surface area contributed by atoms with Gasteiger partial charge in [0.25, 0.3) is 0 Å². The van der Waals surface area contributed by atoms with Crippen molar-refractivity contribution < 1.29 is 19.4 Å². The Bertz CT molecular complexity index is 966. The van der Waals surface area contributed by atoms with Gasteiger partial charge in [0.15, 0.2) is 6.61 Å². The average Bonchev–Trinajstić information content (AvgIpc) is 2.67. The largest absolute Gasteiger partial charge is 0.469 e. The first-order chi connectivity index (χ1) is 13.0. The number of methoxy groups -OCH3 is 1. The summed E-state index contributed by atoms with van der Waals surface area (Å²) in [6.07, 6.45) is 1.51. The van der Waals surface area contributed by atoms with Crippen molar-refractivity contribution in [1.29, 1.82) is 0 Å². The summed E-state index contributed by atoms with van der Waals surface area (Å²) in [6.45, 7) is 2.32. The highest BCUT2D eigenvalue weighted by Gasteiger charge is 2.11. The number of benzene rings is 2. The molecule has 140 valence electrons. The number of aliphatic hydroxyl groups is 3. The zero-order valence-electron chi connectivity index (χ0n) is 15.8. The smallest absolute Gasteiger partial charge is 0.309 e. The second-order valence-corrected chi connectivity index (χ2v) is 6.62. The Morgan fingerprint density at radius 1 is 1.15 bits per heavy atom. The number of carbonyl (C=O) groups is 1. The van der Waals surface area contributed by atoms with E-state index in [2.05, 4.69) is 9.72 Å². The van der Waals surface area contributed by atoms with Crippen molar-refractivity contribution in [3.05, 3.63) is 65.4 Å². The van der Waals surface area contributed by atoms with Gasteiger partial charge >= 0.3 is 5.97 Å². The van der Waals surface area contributed by atoms with Gasteiger partial charge in [-0.3, -0.25) is 9.78 Å². The molecule has 3 aromatic rings. The Hall–Kier alpha value is -2.76. The van der Waals surface area contributed by atoms with E-state index in [0.29, 0.717) is 6.61 Å². The summed E-state index contributed by atoms with van der Waals surface area (Å²) >= 11 is 0. The first kappa shape index (κ1) is 19.0. The number of rotatable bonds is 6. The molecular weight excluding hydrogens is 342 g/mol. The number of hydrogen-bond acceptors (Lipinski definition) is 4. The Kier molecular flexibility index (Phi) is 5.84. The number of carbonyl (C=O) groups excluding carboxylic acids is 1. The molecule has 0 fully saturated rings. The van der Waals surface area contributed by atoms with Gasteiger partial charge < -0.3 is 14.6 Å². The number of aromatic nitrogens is 1. The predicted octanol–water partition coefficient (Wildman–Crippen LogP) is 3.33. The van der Waals surface area contributed by atoms with Gasteiger partial charge in [0.2, 0.25) is 0 Å². The maximum atomic E-state index is 11.7. The zero-order chi connectivity index (χ0) is 19.4. The van der Waals surface area contributed by atoms with E-state index in [-0.39, 0.29) is 12.4 Å². The van der Waals surface area contributed by atoms with Gasteiger partial charge in [-0.05, 0) is 53.8 Å². The van der Waals surface area contributed by atoms with Crippen LogP contribution in [0.3, 0.4) is 0 Å². The van der Waals surface area contributed by atoms with Crippen LogP contribution in [0.4, 0.5) is 0 Å². The van der Waals surface area contributed by atoms with Crippen molar-refractivity contribution in [1.82, 2.24) is 4.98 Å². The number of aliphatic hydroxyl groups excluding tert-OH is 1. The maximum Gasteiger partial charge on any atom is 0.309 e. The van der Waals surface area contributed by atoms with Crippen LogP contribution in [-0.2, 0) is 22.6 Å². The summed E-state index contributed by atoms with van der Waals surface area (Å²) in [5, 5.41) is 11.9. The molecule has 2 N–H and O–H groups in total. The van der Waals surface area contributed by atoms with Crippen LogP contribution in [0, 0.1) is 0 Å². The van der Waals surface area contributed by atoms with Crippen molar-refractivity contribution in [2.75, 3.05) is 14.2 Å². The summed E-state index contributed by atoms with van der Waals surface area (Å²) in [7, 11) is 3.15. The van der Waals surface area contributed by atoms with E-state index in [0.717, 1.165) is 38.7 Å². The third-order valence-electron chi connectivity index (χ3n) is 4.49. The molecule has 0 saturated carbocycles. The Labute approximate surface area is 158 Å². The fraction of sp³-hybridized carbons (Fsp3) is 0.273. The summed E-state index contributed by atoms with van der Waals surface area (Å²) in [6, 6.07) is 13.8. The fourth-order valence-electron chi connectivity index (χ4n) is 3.10. The highest BCUT2D eigenvalue weighted by atomic mass is 16.5. The van der Waals surface area contributed by atoms with E-state index in [1.165, 1.54) is 7.11 Å². The van der Waals surface area contributed by atoms with Crippen LogP contribution in [0.25, 0.3) is 22.0 Å². The Balaban J connectivity index is 2.06. The number of pyridine rings is 1. The molecule has 1 atom stereocenters. The van der Waals surface area contributed by atoms with Crippen LogP contribution in [0.2, 0.25) is 0 Å². The average molecular weight is 366 g/mol. The van der Waals surface area contributed by atoms with E-state index in [1.807, 2.05) is 48.7 Å². The lowest BCUT2D eigenvalue weighted by Gasteiger charge is -2.10. The lowest BCUT2D eigenvalue weighted by Crippen LogP contribution is -2.05. The molecule has 1 heterocycles. The van der Waals surface area contributed by atoms with Crippen molar-refractivity contribution in [2.45, 2.75) is 26.1 Å².